The van der Waals surface area contributed by atoms with Gasteiger partial charge in [0.25, 0.3) is 0 Å². The third kappa shape index (κ3) is 2.15. The molecule has 0 unspecified atom stereocenters. The summed E-state index contributed by atoms with van der Waals surface area (Å²) in [5.41, 5.74) is 6.13. The van der Waals surface area contributed by atoms with E-state index in [2.05, 4.69) is 0 Å². The van der Waals surface area contributed by atoms with Crippen LogP contribution >= 0.6 is 0 Å². The number of nitrogens with two attached hydrogens (primary N) is 1. The highest BCUT2D eigenvalue weighted by atomic mass is 16.3. The zero-order valence-electron chi connectivity index (χ0n) is 9.15. The van der Waals surface area contributed by atoms with E-state index >= 15 is 0 Å². The molecule has 4 nitrogen and oxygen atoms in total. The SMILES string of the molecule is CC(C)(C)[C@H](N)c1ccc(O)c(O)c1O. The summed E-state index contributed by atoms with van der Waals surface area (Å²) in [5.74, 6) is -1.22. The van der Waals surface area contributed by atoms with Crippen LogP contribution in [0.2, 0.25) is 0 Å². The first kappa shape index (κ1) is 11.7. The first-order valence-electron chi connectivity index (χ1n) is 4.74. The van der Waals surface area contributed by atoms with Crippen LogP contribution in [0, 0.1) is 5.41 Å². The zero-order valence-corrected chi connectivity index (χ0v) is 9.15. The summed E-state index contributed by atoms with van der Waals surface area (Å²) >= 11 is 0. The molecule has 0 aliphatic heterocycles. The Morgan fingerprint density at radius 2 is 1.60 bits per heavy atom. The van der Waals surface area contributed by atoms with E-state index in [0.717, 1.165) is 0 Å². The highest BCUT2D eigenvalue weighted by Gasteiger charge is 2.26. The molecule has 0 bridgehead atoms. The van der Waals surface area contributed by atoms with Crippen LogP contribution in [-0.2, 0) is 0 Å². The number of benzene rings is 1. The fourth-order valence-electron chi connectivity index (χ4n) is 1.30. The number of hydrogen-bond acceptors (Lipinski definition) is 4. The minimum absolute atomic E-state index is 0.235. The fraction of sp³-hybridized carbons (Fsp3) is 0.455. The highest BCUT2D eigenvalue weighted by Crippen LogP contribution is 2.43. The standard InChI is InChI=1S/C11H17NO3/c1-11(2,3)10(12)6-4-5-7(13)9(15)8(6)14/h4-5,10,13-15H,12H2,1-3H3/t10-/m1/s1. The molecule has 0 fully saturated rings. The Labute approximate surface area is 89.0 Å². The van der Waals surface area contributed by atoms with E-state index in [4.69, 9.17) is 10.8 Å². The van der Waals surface area contributed by atoms with Gasteiger partial charge in [-0.15, -0.1) is 0 Å². The van der Waals surface area contributed by atoms with Crippen LogP contribution in [0.4, 0.5) is 0 Å². The van der Waals surface area contributed by atoms with E-state index in [1.807, 2.05) is 20.8 Å². The van der Waals surface area contributed by atoms with Crippen molar-refractivity contribution >= 4 is 0 Å². The van der Waals surface area contributed by atoms with Crippen LogP contribution in [0.15, 0.2) is 12.1 Å². The van der Waals surface area contributed by atoms with Gasteiger partial charge in [0, 0.05) is 11.6 Å². The Morgan fingerprint density at radius 3 is 2.07 bits per heavy atom. The monoisotopic (exact) mass is 211 g/mol. The van der Waals surface area contributed by atoms with Crippen molar-refractivity contribution in [2.45, 2.75) is 26.8 Å². The summed E-state index contributed by atoms with van der Waals surface area (Å²) in [6.45, 7) is 5.79. The molecule has 0 saturated heterocycles. The van der Waals surface area contributed by atoms with Gasteiger partial charge < -0.3 is 21.1 Å². The number of phenolic OH excluding ortho intramolecular Hbond substituents is 3. The Hall–Kier alpha value is -1.42. The van der Waals surface area contributed by atoms with Crippen LogP contribution in [0.1, 0.15) is 32.4 Å². The molecule has 0 amide bonds. The average Bonchev–Trinajstić information content (AvgIpc) is 2.12. The molecular formula is C11H17NO3. The van der Waals surface area contributed by atoms with Crippen molar-refractivity contribution in [3.05, 3.63) is 17.7 Å². The van der Waals surface area contributed by atoms with Crippen LogP contribution in [0.5, 0.6) is 17.2 Å². The van der Waals surface area contributed by atoms with E-state index in [1.165, 1.54) is 12.1 Å². The fourth-order valence-corrected chi connectivity index (χ4v) is 1.30. The van der Waals surface area contributed by atoms with Crippen molar-refractivity contribution in [2.75, 3.05) is 0 Å². The molecule has 1 aromatic rings. The minimum atomic E-state index is -0.521. The van der Waals surface area contributed by atoms with Crippen molar-refractivity contribution in [2.24, 2.45) is 11.1 Å². The summed E-state index contributed by atoms with van der Waals surface area (Å²) in [7, 11) is 0. The van der Waals surface area contributed by atoms with Crippen molar-refractivity contribution in [1.29, 1.82) is 0 Å². The van der Waals surface area contributed by atoms with Gasteiger partial charge in [0.15, 0.2) is 11.5 Å². The summed E-state index contributed by atoms with van der Waals surface area (Å²) in [6, 6.07) is 2.42. The first-order chi connectivity index (χ1) is 6.75. The predicted octanol–water partition coefficient (Wildman–Crippen LogP) is 1.85. The van der Waals surface area contributed by atoms with Gasteiger partial charge in [0.05, 0.1) is 0 Å². The van der Waals surface area contributed by atoms with Crippen LogP contribution in [0.3, 0.4) is 0 Å². The summed E-state index contributed by atoms with van der Waals surface area (Å²) < 4.78 is 0. The molecule has 5 N–H and O–H groups in total. The first-order valence-corrected chi connectivity index (χ1v) is 4.74. The number of rotatable bonds is 1. The van der Waals surface area contributed by atoms with E-state index < -0.39 is 11.8 Å². The lowest BCUT2D eigenvalue weighted by Gasteiger charge is -2.28. The van der Waals surface area contributed by atoms with Crippen LogP contribution in [-0.4, -0.2) is 15.3 Å². The maximum atomic E-state index is 9.62. The second-order valence-corrected chi connectivity index (χ2v) is 4.71. The zero-order chi connectivity index (χ0) is 11.8. The van der Waals surface area contributed by atoms with Gasteiger partial charge in [-0.05, 0) is 17.5 Å². The van der Waals surface area contributed by atoms with E-state index in [1.54, 1.807) is 0 Å². The smallest absolute Gasteiger partial charge is 0.200 e. The summed E-state index contributed by atoms with van der Waals surface area (Å²) in [5, 5.41) is 28.1. The molecule has 15 heavy (non-hydrogen) atoms. The van der Waals surface area contributed by atoms with Gasteiger partial charge in [0.1, 0.15) is 0 Å². The van der Waals surface area contributed by atoms with Crippen molar-refractivity contribution in [3.8, 4) is 17.2 Å². The maximum absolute atomic E-state index is 9.62. The largest absolute Gasteiger partial charge is 0.504 e. The third-order valence-corrected chi connectivity index (χ3v) is 2.43. The Kier molecular flexibility index (Phi) is 2.81. The molecule has 0 aliphatic rings. The Bertz CT molecular complexity index is 369. The van der Waals surface area contributed by atoms with Crippen LogP contribution < -0.4 is 5.73 Å². The summed E-state index contributed by atoms with van der Waals surface area (Å²) in [6.07, 6.45) is 0. The topological polar surface area (TPSA) is 86.7 Å². The predicted molar refractivity (Wildman–Crippen MR) is 57.8 cm³/mol. The number of aromatic hydroxyl groups is 3. The molecule has 0 heterocycles. The molecule has 0 aromatic heterocycles. The van der Waals surface area contributed by atoms with Gasteiger partial charge >= 0.3 is 0 Å². The third-order valence-electron chi connectivity index (χ3n) is 2.43. The lowest BCUT2D eigenvalue weighted by Crippen LogP contribution is -2.26. The lowest BCUT2D eigenvalue weighted by molar-refractivity contribution is 0.309. The average molecular weight is 211 g/mol. The van der Waals surface area contributed by atoms with Gasteiger partial charge in [-0.1, -0.05) is 20.8 Å². The quantitative estimate of drug-likeness (QED) is 0.534. The molecule has 1 rings (SSSR count). The van der Waals surface area contributed by atoms with Crippen molar-refractivity contribution in [1.82, 2.24) is 0 Å². The Balaban J connectivity index is 3.23. The van der Waals surface area contributed by atoms with Crippen LogP contribution in [0.25, 0.3) is 0 Å². The summed E-state index contributed by atoms with van der Waals surface area (Å²) in [4.78, 5) is 0. The number of phenols is 3. The molecule has 1 atom stereocenters. The molecule has 0 aliphatic carbocycles. The van der Waals surface area contributed by atoms with Gasteiger partial charge in [-0.3, -0.25) is 0 Å². The maximum Gasteiger partial charge on any atom is 0.200 e. The normalized spacial score (nSPS) is 13.9. The van der Waals surface area contributed by atoms with E-state index in [9.17, 15) is 10.2 Å². The van der Waals surface area contributed by atoms with Crippen molar-refractivity contribution in [3.63, 3.8) is 0 Å². The van der Waals surface area contributed by atoms with Crippen molar-refractivity contribution < 1.29 is 15.3 Å². The Morgan fingerprint density at radius 1 is 1.07 bits per heavy atom. The molecule has 84 valence electrons. The molecule has 4 heteroatoms. The van der Waals surface area contributed by atoms with Gasteiger partial charge in [-0.2, -0.15) is 0 Å². The lowest BCUT2D eigenvalue weighted by atomic mass is 9.82. The molecule has 1 aromatic carbocycles. The number of hydrogen-bond donors (Lipinski definition) is 4. The highest BCUT2D eigenvalue weighted by molar-refractivity contribution is 5.54. The minimum Gasteiger partial charge on any atom is -0.504 e. The van der Waals surface area contributed by atoms with Gasteiger partial charge in [-0.25, -0.2) is 0 Å². The van der Waals surface area contributed by atoms with E-state index in [-0.39, 0.29) is 16.9 Å². The second-order valence-electron chi connectivity index (χ2n) is 4.71. The van der Waals surface area contributed by atoms with E-state index in [0.29, 0.717) is 5.56 Å². The molecule has 0 spiro atoms. The molecular weight excluding hydrogens is 194 g/mol. The second kappa shape index (κ2) is 3.62. The molecule has 0 radical (unpaired) electrons. The molecule has 0 saturated carbocycles. The van der Waals surface area contributed by atoms with Gasteiger partial charge in [0.2, 0.25) is 5.75 Å².